The van der Waals surface area contributed by atoms with Crippen molar-refractivity contribution in [1.29, 1.82) is 0 Å². The van der Waals surface area contributed by atoms with E-state index in [2.05, 4.69) is 0 Å². The summed E-state index contributed by atoms with van der Waals surface area (Å²) in [5.41, 5.74) is 5.21. The van der Waals surface area contributed by atoms with Crippen molar-refractivity contribution in [2.45, 2.75) is 6.54 Å². The third kappa shape index (κ3) is 1.44. The van der Waals surface area contributed by atoms with Crippen LogP contribution in [0.15, 0.2) is 12.1 Å². The van der Waals surface area contributed by atoms with Gasteiger partial charge in [-0.2, -0.15) is 0 Å². The van der Waals surface area contributed by atoms with E-state index in [9.17, 15) is 4.39 Å². The van der Waals surface area contributed by atoms with Crippen LogP contribution in [0, 0.1) is 5.82 Å². The quantitative estimate of drug-likeness (QED) is 0.682. The summed E-state index contributed by atoms with van der Waals surface area (Å²) >= 11 is 5.42. The van der Waals surface area contributed by atoms with Gasteiger partial charge in [0, 0.05) is 12.1 Å². The number of phenolic OH excluding ortho intramolecular Hbond substituents is 1. The van der Waals surface area contributed by atoms with Crippen LogP contribution in [-0.4, -0.2) is 5.11 Å². The number of nitrogens with two attached hydrogens (primary N) is 1. The van der Waals surface area contributed by atoms with Gasteiger partial charge in [-0.3, -0.25) is 0 Å². The van der Waals surface area contributed by atoms with E-state index in [1.807, 2.05) is 0 Å². The molecule has 4 heteroatoms. The molecule has 3 N–H and O–H groups in total. The summed E-state index contributed by atoms with van der Waals surface area (Å²) in [6.07, 6.45) is 0. The minimum atomic E-state index is -0.644. The average Bonchev–Trinajstić information content (AvgIpc) is 1.99. The summed E-state index contributed by atoms with van der Waals surface area (Å²) in [7, 11) is 0. The predicted octanol–water partition coefficient (Wildman–Crippen LogP) is 1.64. The van der Waals surface area contributed by atoms with E-state index in [0.717, 1.165) is 0 Å². The van der Waals surface area contributed by atoms with Crippen molar-refractivity contribution in [1.82, 2.24) is 0 Å². The van der Waals surface area contributed by atoms with Gasteiger partial charge < -0.3 is 10.8 Å². The Morgan fingerprint density at radius 3 is 2.64 bits per heavy atom. The first-order valence-corrected chi connectivity index (χ1v) is 3.40. The Labute approximate surface area is 68.4 Å². The van der Waals surface area contributed by atoms with E-state index in [4.69, 9.17) is 22.4 Å². The Kier molecular flexibility index (Phi) is 2.31. The summed E-state index contributed by atoms with van der Waals surface area (Å²) in [6.45, 7) is -0.0573. The molecular formula is C7H7ClFNO. The zero-order valence-electron chi connectivity index (χ0n) is 5.64. The molecule has 0 radical (unpaired) electrons. The van der Waals surface area contributed by atoms with Gasteiger partial charge >= 0.3 is 0 Å². The molecule has 0 heterocycles. The maximum atomic E-state index is 12.9. The number of hydrogen-bond donors (Lipinski definition) is 2. The number of benzene rings is 1. The first-order valence-electron chi connectivity index (χ1n) is 3.02. The molecule has 0 spiro atoms. The lowest BCUT2D eigenvalue weighted by Gasteiger charge is -2.03. The minimum Gasteiger partial charge on any atom is -0.508 e. The molecule has 60 valence electrons. The second-order valence-corrected chi connectivity index (χ2v) is 2.47. The van der Waals surface area contributed by atoms with Gasteiger partial charge in [-0.15, -0.1) is 0 Å². The van der Waals surface area contributed by atoms with Crippen LogP contribution in [0.1, 0.15) is 5.56 Å². The SMILES string of the molecule is NCc1c(O)ccc(Cl)c1F. The molecule has 11 heavy (non-hydrogen) atoms. The molecule has 0 aliphatic heterocycles. The smallest absolute Gasteiger partial charge is 0.149 e. The van der Waals surface area contributed by atoms with Crippen LogP contribution in [0.25, 0.3) is 0 Å². The summed E-state index contributed by atoms with van der Waals surface area (Å²) in [6, 6.07) is 2.60. The number of phenols is 1. The predicted molar refractivity (Wildman–Crippen MR) is 41.0 cm³/mol. The summed E-state index contributed by atoms with van der Waals surface area (Å²) < 4.78 is 12.9. The third-order valence-corrected chi connectivity index (χ3v) is 1.67. The van der Waals surface area contributed by atoms with E-state index in [-0.39, 0.29) is 22.9 Å². The first kappa shape index (κ1) is 8.30. The second-order valence-electron chi connectivity index (χ2n) is 2.06. The fourth-order valence-electron chi connectivity index (χ4n) is 0.777. The fourth-order valence-corrected chi connectivity index (χ4v) is 0.954. The molecule has 2 nitrogen and oxygen atoms in total. The van der Waals surface area contributed by atoms with Crippen molar-refractivity contribution in [2.75, 3.05) is 0 Å². The Balaban J connectivity index is 3.29. The first-order chi connectivity index (χ1) is 5.16. The molecule has 0 fully saturated rings. The molecule has 1 rings (SSSR count). The standard InChI is InChI=1S/C7H7ClFNO/c8-5-1-2-6(11)4(3-10)7(5)9/h1-2,11H,3,10H2. The van der Waals surface area contributed by atoms with Gasteiger partial charge in [0.05, 0.1) is 5.02 Å². The lowest BCUT2D eigenvalue weighted by atomic mass is 10.2. The Hall–Kier alpha value is -0.800. The average molecular weight is 176 g/mol. The molecule has 0 aromatic heterocycles. The second kappa shape index (κ2) is 3.07. The maximum absolute atomic E-state index is 12.9. The van der Waals surface area contributed by atoms with Crippen LogP contribution >= 0.6 is 11.6 Å². The van der Waals surface area contributed by atoms with Crippen molar-refractivity contribution in [3.63, 3.8) is 0 Å². The van der Waals surface area contributed by atoms with Crippen molar-refractivity contribution >= 4 is 11.6 Å². The normalized spacial score (nSPS) is 10.1. The van der Waals surface area contributed by atoms with Crippen LogP contribution in [0.3, 0.4) is 0 Å². The van der Waals surface area contributed by atoms with Gasteiger partial charge in [0.25, 0.3) is 0 Å². The molecule has 0 atom stereocenters. The number of rotatable bonds is 1. The molecule has 1 aromatic carbocycles. The van der Waals surface area contributed by atoms with Gasteiger partial charge in [-0.1, -0.05) is 11.6 Å². The van der Waals surface area contributed by atoms with Crippen molar-refractivity contribution < 1.29 is 9.50 Å². The molecule has 0 unspecified atom stereocenters. The van der Waals surface area contributed by atoms with Crippen LogP contribution in [0.4, 0.5) is 4.39 Å². The van der Waals surface area contributed by atoms with Gasteiger partial charge in [0.15, 0.2) is 0 Å². The number of aromatic hydroxyl groups is 1. The highest BCUT2D eigenvalue weighted by Crippen LogP contribution is 2.25. The van der Waals surface area contributed by atoms with E-state index in [0.29, 0.717) is 0 Å². The molecule has 0 aliphatic rings. The van der Waals surface area contributed by atoms with Gasteiger partial charge in [-0.25, -0.2) is 4.39 Å². The van der Waals surface area contributed by atoms with Crippen LogP contribution in [0.2, 0.25) is 5.02 Å². The maximum Gasteiger partial charge on any atom is 0.149 e. The molecule has 0 saturated carbocycles. The van der Waals surface area contributed by atoms with E-state index in [1.54, 1.807) is 0 Å². The number of halogens is 2. The highest BCUT2D eigenvalue weighted by Gasteiger charge is 2.09. The highest BCUT2D eigenvalue weighted by molar-refractivity contribution is 6.30. The summed E-state index contributed by atoms with van der Waals surface area (Å²) in [4.78, 5) is 0. The molecule has 0 saturated heterocycles. The van der Waals surface area contributed by atoms with E-state index in [1.165, 1.54) is 12.1 Å². The van der Waals surface area contributed by atoms with E-state index >= 15 is 0 Å². The molecule has 0 bridgehead atoms. The summed E-state index contributed by atoms with van der Waals surface area (Å²) in [5.74, 6) is -0.802. The zero-order valence-corrected chi connectivity index (χ0v) is 6.40. The van der Waals surface area contributed by atoms with E-state index < -0.39 is 5.82 Å². The highest BCUT2D eigenvalue weighted by atomic mass is 35.5. The topological polar surface area (TPSA) is 46.2 Å². The molecule has 0 amide bonds. The summed E-state index contributed by atoms with van der Waals surface area (Å²) in [5, 5.41) is 9.01. The molecular weight excluding hydrogens is 169 g/mol. The number of hydrogen-bond acceptors (Lipinski definition) is 2. The third-order valence-electron chi connectivity index (χ3n) is 1.38. The molecule has 0 aliphatic carbocycles. The van der Waals surface area contributed by atoms with Gasteiger partial charge in [0.2, 0.25) is 0 Å². The van der Waals surface area contributed by atoms with Crippen LogP contribution in [-0.2, 0) is 6.54 Å². The Morgan fingerprint density at radius 2 is 2.18 bits per heavy atom. The van der Waals surface area contributed by atoms with Crippen LogP contribution in [0.5, 0.6) is 5.75 Å². The van der Waals surface area contributed by atoms with Crippen molar-refractivity contribution in [2.24, 2.45) is 5.73 Å². The van der Waals surface area contributed by atoms with Crippen LogP contribution < -0.4 is 5.73 Å². The fraction of sp³-hybridized carbons (Fsp3) is 0.143. The van der Waals surface area contributed by atoms with Crippen molar-refractivity contribution in [3.8, 4) is 5.75 Å². The lowest BCUT2D eigenvalue weighted by molar-refractivity contribution is 0.459. The van der Waals surface area contributed by atoms with Gasteiger partial charge in [0.1, 0.15) is 11.6 Å². The largest absolute Gasteiger partial charge is 0.508 e. The van der Waals surface area contributed by atoms with Gasteiger partial charge in [-0.05, 0) is 12.1 Å². The Morgan fingerprint density at radius 1 is 1.55 bits per heavy atom. The van der Waals surface area contributed by atoms with Crippen molar-refractivity contribution in [3.05, 3.63) is 28.5 Å². The monoisotopic (exact) mass is 175 g/mol. The zero-order chi connectivity index (χ0) is 8.43. The minimum absolute atomic E-state index is 0.0248. The lowest BCUT2D eigenvalue weighted by Crippen LogP contribution is -2.00. The molecule has 1 aromatic rings. The Bertz CT molecular complexity index is 277.